The van der Waals surface area contributed by atoms with E-state index in [0.29, 0.717) is 21.7 Å². The molecule has 2 aromatic rings. The smallest absolute Gasteiger partial charge is 0.304 e. The SMILES string of the molecule is N#Cc1cc(O)cc(-c2cc([C@H](CN)CC(=O)O)ccc2Cl)c1. The van der Waals surface area contributed by atoms with Gasteiger partial charge in [-0.15, -0.1) is 0 Å². The topological polar surface area (TPSA) is 107 Å². The second kappa shape index (κ2) is 7.14. The molecular weight excluding hydrogens is 316 g/mol. The summed E-state index contributed by atoms with van der Waals surface area (Å²) in [5.74, 6) is -1.31. The first kappa shape index (κ1) is 16.8. The number of nitrogens with two attached hydrogens (primary N) is 1. The zero-order chi connectivity index (χ0) is 17.0. The van der Waals surface area contributed by atoms with E-state index in [1.807, 2.05) is 6.07 Å². The van der Waals surface area contributed by atoms with Crippen molar-refractivity contribution in [1.82, 2.24) is 0 Å². The molecule has 0 aliphatic rings. The molecule has 4 N–H and O–H groups in total. The van der Waals surface area contributed by atoms with Gasteiger partial charge in [0.1, 0.15) is 5.75 Å². The van der Waals surface area contributed by atoms with Gasteiger partial charge in [0.2, 0.25) is 0 Å². The second-order valence-corrected chi connectivity index (χ2v) is 5.56. The van der Waals surface area contributed by atoms with E-state index >= 15 is 0 Å². The molecule has 0 saturated carbocycles. The van der Waals surface area contributed by atoms with Crippen molar-refractivity contribution in [3.63, 3.8) is 0 Å². The van der Waals surface area contributed by atoms with Crippen molar-refractivity contribution >= 4 is 17.6 Å². The van der Waals surface area contributed by atoms with E-state index in [2.05, 4.69) is 0 Å². The lowest BCUT2D eigenvalue weighted by atomic mass is 9.92. The van der Waals surface area contributed by atoms with Crippen molar-refractivity contribution < 1.29 is 15.0 Å². The summed E-state index contributed by atoms with van der Waals surface area (Å²) in [6.45, 7) is 0.191. The lowest BCUT2D eigenvalue weighted by Gasteiger charge is -2.15. The minimum absolute atomic E-state index is 0.0403. The molecule has 0 aromatic heterocycles. The van der Waals surface area contributed by atoms with Crippen LogP contribution in [0.4, 0.5) is 0 Å². The zero-order valence-corrected chi connectivity index (χ0v) is 12.9. The standard InChI is InChI=1S/C17H15ClN2O3/c18-16-2-1-11(13(9-20)7-17(22)23)6-15(16)12-3-10(8-19)4-14(21)5-12/h1-6,13,21H,7,9,20H2,(H,22,23)/t13-/m0/s1. The van der Waals surface area contributed by atoms with Crippen molar-refractivity contribution in [3.05, 3.63) is 52.5 Å². The van der Waals surface area contributed by atoms with Gasteiger partial charge in [0.15, 0.2) is 0 Å². The highest BCUT2D eigenvalue weighted by Gasteiger charge is 2.16. The Morgan fingerprint density at radius 3 is 2.65 bits per heavy atom. The molecule has 0 aliphatic carbocycles. The molecule has 0 aliphatic heterocycles. The summed E-state index contributed by atoms with van der Waals surface area (Å²) in [5.41, 5.74) is 7.92. The van der Waals surface area contributed by atoms with Gasteiger partial charge in [-0.05, 0) is 48.0 Å². The van der Waals surface area contributed by atoms with Crippen LogP contribution in [0, 0.1) is 11.3 Å². The summed E-state index contributed by atoms with van der Waals surface area (Å²) in [6.07, 6.45) is -0.0823. The Labute approximate surface area is 138 Å². The summed E-state index contributed by atoms with van der Waals surface area (Å²) >= 11 is 6.22. The third-order valence-corrected chi connectivity index (χ3v) is 3.85. The fourth-order valence-electron chi connectivity index (χ4n) is 2.40. The summed E-state index contributed by atoms with van der Waals surface area (Å²) in [7, 11) is 0. The van der Waals surface area contributed by atoms with Crippen LogP contribution in [-0.4, -0.2) is 22.7 Å². The third kappa shape index (κ3) is 4.01. The normalized spacial score (nSPS) is 11.7. The van der Waals surface area contributed by atoms with Crippen molar-refractivity contribution in [2.24, 2.45) is 5.73 Å². The van der Waals surface area contributed by atoms with Crippen molar-refractivity contribution in [2.75, 3.05) is 6.54 Å². The van der Waals surface area contributed by atoms with Crippen LogP contribution in [0.15, 0.2) is 36.4 Å². The average molecular weight is 331 g/mol. The number of carbonyl (C=O) groups is 1. The first-order valence-electron chi connectivity index (χ1n) is 6.90. The third-order valence-electron chi connectivity index (χ3n) is 3.53. The highest BCUT2D eigenvalue weighted by atomic mass is 35.5. The quantitative estimate of drug-likeness (QED) is 0.780. The van der Waals surface area contributed by atoms with Crippen LogP contribution in [0.1, 0.15) is 23.5 Å². The molecule has 23 heavy (non-hydrogen) atoms. The number of benzene rings is 2. The van der Waals surface area contributed by atoms with Gasteiger partial charge in [-0.25, -0.2) is 0 Å². The van der Waals surface area contributed by atoms with Crippen LogP contribution in [0.3, 0.4) is 0 Å². The minimum Gasteiger partial charge on any atom is -0.508 e. The van der Waals surface area contributed by atoms with Crippen LogP contribution < -0.4 is 5.73 Å². The van der Waals surface area contributed by atoms with Gasteiger partial charge in [0.05, 0.1) is 18.1 Å². The summed E-state index contributed by atoms with van der Waals surface area (Å²) in [4.78, 5) is 10.9. The van der Waals surface area contributed by atoms with E-state index in [1.54, 1.807) is 24.3 Å². The molecule has 0 fully saturated rings. The van der Waals surface area contributed by atoms with Crippen LogP contribution in [0.5, 0.6) is 5.75 Å². The maximum atomic E-state index is 10.9. The number of halogens is 1. The number of rotatable bonds is 5. The van der Waals surface area contributed by atoms with Gasteiger partial charge in [0, 0.05) is 16.5 Å². The fraction of sp³-hybridized carbons (Fsp3) is 0.176. The van der Waals surface area contributed by atoms with Gasteiger partial charge in [-0.2, -0.15) is 5.26 Å². The molecular formula is C17H15ClN2O3. The van der Waals surface area contributed by atoms with Gasteiger partial charge < -0.3 is 15.9 Å². The maximum absolute atomic E-state index is 10.9. The summed E-state index contributed by atoms with van der Waals surface area (Å²) < 4.78 is 0. The highest BCUT2D eigenvalue weighted by Crippen LogP contribution is 2.34. The first-order valence-corrected chi connectivity index (χ1v) is 7.28. The number of hydrogen-bond donors (Lipinski definition) is 3. The molecule has 0 saturated heterocycles. The Morgan fingerprint density at radius 1 is 1.30 bits per heavy atom. The molecule has 0 spiro atoms. The second-order valence-electron chi connectivity index (χ2n) is 5.15. The average Bonchev–Trinajstić information content (AvgIpc) is 2.52. The lowest BCUT2D eigenvalue weighted by molar-refractivity contribution is -0.137. The van der Waals surface area contributed by atoms with Gasteiger partial charge >= 0.3 is 5.97 Å². The Morgan fingerprint density at radius 2 is 2.04 bits per heavy atom. The molecule has 0 heterocycles. The molecule has 5 nitrogen and oxygen atoms in total. The lowest BCUT2D eigenvalue weighted by Crippen LogP contribution is -2.16. The minimum atomic E-state index is -0.930. The van der Waals surface area contributed by atoms with Crippen molar-refractivity contribution in [1.29, 1.82) is 5.26 Å². The Hall–Kier alpha value is -2.55. The maximum Gasteiger partial charge on any atom is 0.304 e. The zero-order valence-electron chi connectivity index (χ0n) is 12.2. The van der Waals surface area contributed by atoms with E-state index in [4.69, 9.17) is 27.7 Å². The van der Waals surface area contributed by atoms with Crippen LogP contribution in [0.2, 0.25) is 5.02 Å². The van der Waals surface area contributed by atoms with Gasteiger partial charge in [0.25, 0.3) is 0 Å². The van der Waals surface area contributed by atoms with E-state index in [9.17, 15) is 9.90 Å². The van der Waals surface area contributed by atoms with Crippen LogP contribution >= 0.6 is 11.6 Å². The number of nitrogens with zero attached hydrogens (tertiary/aromatic N) is 1. The molecule has 0 bridgehead atoms. The Kier molecular flexibility index (Phi) is 5.22. The van der Waals surface area contributed by atoms with Crippen molar-refractivity contribution in [2.45, 2.75) is 12.3 Å². The molecule has 2 aromatic carbocycles. The number of hydrogen-bond acceptors (Lipinski definition) is 4. The molecule has 0 radical (unpaired) electrons. The molecule has 0 amide bonds. The predicted octanol–water partition coefficient (Wildman–Crippen LogP) is 3.10. The molecule has 6 heteroatoms. The number of phenols is 1. The number of aromatic hydroxyl groups is 1. The monoisotopic (exact) mass is 330 g/mol. The number of carboxylic acids is 1. The van der Waals surface area contributed by atoms with Gasteiger partial charge in [-0.3, -0.25) is 4.79 Å². The Bertz CT molecular complexity index is 784. The van der Waals surface area contributed by atoms with Crippen molar-refractivity contribution in [3.8, 4) is 22.9 Å². The van der Waals surface area contributed by atoms with E-state index < -0.39 is 5.97 Å². The van der Waals surface area contributed by atoms with E-state index in [-0.39, 0.29) is 24.6 Å². The fourth-order valence-corrected chi connectivity index (χ4v) is 2.62. The van der Waals surface area contributed by atoms with Crippen LogP contribution in [0.25, 0.3) is 11.1 Å². The van der Waals surface area contributed by atoms with E-state index in [1.165, 1.54) is 12.1 Å². The molecule has 2 rings (SSSR count). The number of aliphatic carboxylic acids is 1. The number of nitriles is 1. The molecule has 0 unspecified atom stereocenters. The largest absolute Gasteiger partial charge is 0.508 e. The summed E-state index contributed by atoms with van der Waals surface area (Å²) in [5, 5.41) is 28.1. The number of carboxylic acid groups (broad SMARTS) is 1. The van der Waals surface area contributed by atoms with E-state index in [0.717, 1.165) is 5.56 Å². The first-order chi connectivity index (χ1) is 10.9. The summed E-state index contributed by atoms with van der Waals surface area (Å²) in [6, 6.07) is 11.6. The molecule has 1 atom stereocenters. The van der Waals surface area contributed by atoms with Gasteiger partial charge in [-0.1, -0.05) is 17.7 Å². The Balaban J connectivity index is 2.51. The predicted molar refractivity (Wildman–Crippen MR) is 87.3 cm³/mol. The molecule has 118 valence electrons. The number of phenolic OH excluding ortho intramolecular Hbond substituents is 1. The van der Waals surface area contributed by atoms with Crippen LogP contribution in [-0.2, 0) is 4.79 Å². The highest BCUT2D eigenvalue weighted by molar-refractivity contribution is 6.33.